The molecule has 1 aliphatic heterocycles. The Morgan fingerprint density at radius 2 is 1.71 bits per heavy atom. The molecule has 0 unspecified atom stereocenters. The van der Waals surface area contributed by atoms with Crippen LogP contribution in [0.2, 0.25) is 0 Å². The van der Waals surface area contributed by atoms with Crippen molar-refractivity contribution in [1.29, 1.82) is 0 Å². The van der Waals surface area contributed by atoms with Crippen LogP contribution in [0.1, 0.15) is 37.7 Å². The van der Waals surface area contributed by atoms with Gasteiger partial charge in [0.2, 0.25) is 5.91 Å². The lowest BCUT2D eigenvalue weighted by Gasteiger charge is -2.34. The van der Waals surface area contributed by atoms with Gasteiger partial charge in [-0.15, -0.1) is 0 Å². The first kappa shape index (κ1) is 17.4. The van der Waals surface area contributed by atoms with E-state index in [0.29, 0.717) is 19.1 Å². The molecule has 4 nitrogen and oxygen atoms in total. The second-order valence-electron chi connectivity index (χ2n) is 7.05. The van der Waals surface area contributed by atoms with Gasteiger partial charge in [0.05, 0.1) is 6.54 Å². The van der Waals surface area contributed by atoms with Crippen molar-refractivity contribution < 1.29 is 9.18 Å². The van der Waals surface area contributed by atoms with Crippen LogP contribution < -0.4 is 5.32 Å². The molecule has 1 heterocycles. The molecule has 1 aliphatic carbocycles. The van der Waals surface area contributed by atoms with E-state index in [2.05, 4.69) is 15.1 Å². The normalized spacial score (nSPS) is 20.9. The highest BCUT2D eigenvalue weighted by Crippen LogP contribution is 2.17. The van der Waals surface area contributed by atoms with E-state index in [1.54, 1.807) is 6.07 Å². The number of benzene rings is 1. The van der Waals surface area contributed by atoms with Crippen molar-refractivity contribution in [3.63, 3.8) is 0 Å². The molecule has 132 valence electrons. The van der Waals surface area contributed by atoms with Crippen LogP contribution in [-0.2, 0) is 11.3 Å². The second kappa shape index (κ2) is 8.58. The number of carbonyl (C=O) groups is 1. The standard InChI is InChI=1S/C19H28FN3O/c20-18-9-5-4-6-16(18)14-22-10-12-23(13-11-22)15-19(24)21-17-7-2-1-3-8-17/h4-6,9,17H,1-3,7-8,10-15H2,(H,21,24). The summed E-state index contributed by atoms with van der Waals surface area (Å²) in [6, 6.07) is 7.35. The van der Waals surface area contributed by atoms with E-state index < -0.39 is 0 Å². The number of hydrogen-bond donors (Lipinski definition) is 1. The molecular formula is C19H28FN3O. The van der Waals surface area contributed by atoms with Gasteiger partial charge in [-0.1, -0.05) is 37.5 Å². The smallest absolute Gasteiger partial charge is 0.234 e. The predicted octanol–water partition coefficient (Wildman–Crippen LogP) is 2.39. The summed E-state index contributed by atoms with van der Waals surface area (Å²) >= 11 is 0. The van der Waals surface area contributed by atoms with E-state index in [9.17, 15) is 9.18 Å². The lowest BCUT2D eigenvalue weighted by molar-refractivity contribution is -0.123. The van der Waals surface area contributed by atoms with Gasteiger partial charge < -0.3 is 5.32 Å². The Morgan fingerprint density at radius 1 is 1.04 bits per heavy atom. The summed E-state index contributed by atoms with van der Waals surface area (Å²) in [5.74, 6) is 0.0243. The van der Waals surface area contributed by atoms with Gasteiger partial charge in [0, 0.05) is 44.3 Å². The van der Waals surface area contributed by atoms with Crippen LogP contribution >= 0.6 is 0 Å². The Hall–Kier alpha value is -1.46. The van der Waals surface area contributed by atoms with Gasteiger partial charge in [-0.05, 0) is 18.9 Å². The van der Waals surface area contributed by atoms with Crippen molar-refractivity contribution in [1.82, 2.24) is 15.1 Å². The lowest BCUT2D eigenvalue weighted by atomic mass is 9.95. The highest BCUT2D eigenvalue weighted by Gasteiger charge is 2.21. The molecule has 3 rings (SSSR count). The number of halogens is 1. The molecule has 1 amide bonds. The summed E-state index contributed by atoms with van der Waals surface area (Å²) in [5, 5.41) is 3.18. The molecular weight excluding hydrogens is 305 g/mol. The van der Waals surface area contributed by atoms with Gasteiger partial charge in [0.15, 0.2) is 0 Å². The fourth-order valence-corrected chi connectivity index (χ4v) is 3.70. The summed E-state index contributed by atoms with van der Waals surface area (Å²) < 4.78 is 13.7. The molecule has 1 N–H and O–H groups in total. The fourth-order valence-electron chi connectivity index (χ4n) is 3.70. The van der Waals surface area contributed by atoms with Crippen molar-refractivity contribution in [3.8, 4) is 0 Å². The number of hydrogen-bond acceptors (Lipinski definition) is 3. The Bertz CT molecular complexity index is 537. The van der Waals surface area contributed by atoms with Crippen molar-refractivity contribution in [2.24, 2.45) is 0 Å². The monoisotopic (exact) mass is 333 g/mol. The summed E-state index contributed by atoms with van der Waals surface area (Å²) in [6.45, 7) is 4.63. The minimum atomic E-state index is -0.133. The number of piperazine rings is 1. The molecule has 0 bridgehead atoms. The fraction of sp³-hybridized carbons (Fsp3) is 0.632. The van der Waals surface area contributed by atoms with Crippen LogP contribution in [0.4, 0.5) is 4.39 Å². The molecule has 24 heavy (non-hydrogen) atoms. The van der Waals surface area contributed by atoms with E-state index in [0.717, 1.165) is 44.6 Å². The van der Waals surface area contributed by atoms with Crippen molar-refractivity contribution in [2.45, 2.75) is 44.7 Å². The minimum Gasteiger partial charge on any atom is -0.352 e. The number of nitrogens with zero attached hydrogens (tertiary/aromatic N) is 2. The molecule has 1 saturated heterocycles. The minimum absolute atomic E-state index is 0.133. The summed E-state index contributed by atoms with van der Waals surface area (Å²) in [7, 11) is 0. The Morgan fingerprint density at radius 3 is 2.42 bits per heavy atom. The van der Waals surface area contributed by atoms with Crippen molar-refractivity contribution in [3.05, 3.63) is 35.6 Å². The van der Waals surface area contributed by atoms with Gasteiger partial charge in [-0.25, -0.2) is 4.39 Å². The molecule has 1 saturated carbocycles. The molecule has 0 radical (unpaired) electrons. The van der Waals surface area contributed by atoms with Crippen molar-refractivity contribution >= 4 is 5.91 Å². The largest absolute Gasteiger partial charge is 0.352 e. The molecule has 5 heteroatoms. The molecule has 2 aliphatic rings. The van der Waals surface area contributed by atoms with E-state index >= 15 is 0 Å². The zero-order chi connectivity index (χ0) is 16.8. The third kappa shape index (κ3) is 5.02. The topological polar surface area (TPSA) is 35.6 Å². The van der Waals surface area contributed by atoms with Crippen LogP contribution in [0.3, 0.4) is 0 Å². The lowest BCUT2D eigenvalue weighted by Crippen LogP contribution is -2.50. The first-order valence-corrected chi connectivity index (χ1v) is 9.18. The molecule has 0 aromatic heterocycles. The first-order chi connectivity index (χ1) is 11.7. The van der Waals surface area contributed by atoms with Gasteiger partial charge in [-0.2, -0.15) is 0 Å². The Balaban J connectivity index is 1.38. The molecule has 0 atom stereocenters. The van der Waals surface area contributed by atoms with Crippen LogP contribution in [0.5, 0.6) is 0 Å². The number of nitrogens with one attached hydrogen (secondary N) is 1. The maximum Gasteiger partial charge on any atom is 0.234 e. The highest BCUT2D eigenvalue weighted by molar-refractivity contribution is 5.78. The Kier molecular flexibility index (Phi) is 6.21. The van der Waals surface area contributed by atoms with Crippen molar-refractivity contribution in [2.75, 3.05) is 32.7 Å². The third-order valence-electron chi connectivity index (χ3n) is 5.15. The maximum atomic E-state index is 13.7. The summed E-state index contributed by atoms with van der Waals surface area (Å²) in [4.78, 5) is 16.6. The predicted molar refractivity (Wildman–Crippen MR) is 93.1 cm³/mol. The number of rotatable bonds is 5. The highest BCUT2D eigenvalue weighted by atomic mass is 19.1. The van der Waals surface area contributed by atoms with Crippen LogP contribution in [0.15, 0.2) is 24.3 Å². The van der Waals surface area contributed by atoms with Gasteiger partial charge in [0.25, 0.3) is 0 Å². The third-order valence-corrected chi connectivity index (χ3v) is 5.15. The van der Waals surface area contributed by atoms with E-state index in [4.69, 9.17) is 0 Å². The SMILES string of the molecule is O=C(CN1CCN(Cc2ccccc2F)CC1)NC1CCCCC1. The summed E-state index contributed by atoms with van der Waals surface area (Å²) in [5.41, 5.74) is 0.751. The molecule has 0 spiro atoms. The van der Waals surface area contributed by atoms with E-state index in [1.807, 2.05) is 12.1 Å². The van der Waals surface area contributed by atoms with E-state index in [1.165, 1.54) is 25.3 Å². The number of amides is 1. The average Bonchev–Trinajstić information content (AvgIpc) is 2.59. The second-order valence-corrected chi connectivity index (χ2v) is 7.05. The van der Waals surface area contributed by atoms with E-state index in [-0.39, 0.29) is 11.7 Å². The van der Waals surface area contributed by atoms with Gasteiger partial charge in [0.1, 0.15) is 5.82 Å². The molecule has 1 aromatic carbocycles. The summed E-state index contributed by atoms with van der Waals surface area (Å²) in [6.07, 6.45) is 6.03. The average molecular weight is 333 g/mol. The van der Waals surface area contributed by atoms with Gasteiger partial charge in [-0.3, -0.25) is 14.6 Å². The zero-order valence-corrected chi connectivity index (χ0v) is 14.3. The quantitative estimate of drug-likeness (QED) is 0.899. The van der Waals surface area contributed by atoms with Crippen LogP contribution in [0.25, 0.3) is 0 Å². The first-order valence-electron chi connectivity index (χ1n) is 9.18. The zero-order valence-electron chi connectivity index (χ0n) is 14.3. The Labute approximate surface area is 144 Å². The number of carbonyl (C=O) groups excluding carboxylic acids is 1. The molecule has 1 aromatic rings. The maximum absolute atomic E-state index is 13.7. The molecule has 2 fully saturated rings. The van der Waals surface area contributed by atoms with Gasteiger partial charge >= 0.3 is 0 Å². The van der Waals surface area contributed by atoms with Crippen LogP contribution in [-0.4, -0.2) is 54.5 Å². The van der Waals surface area contributed by atoms with Crippen LogP contribution in [0, 0.1) is 5.82 Å².